The van der Waals surface area contributed by atoms with Gasteiger partial charge in [0.05, 0.1) is 4.90 Å². The summed E-state index contributed by atoms with van der Waals surface area (Å²) >= 11 is 0. The number of nitrogens with one attached hydrogen (secondary N) is 1. The summed E-state index contributed by atoms with van der Waals surface area (Å²) in [6.07, 6.45) is 4.00. The molecule has 0 spiro atoms. The lowest BCUT2D eigenvalue weighted by atomic mass is 9.96. The Labute approximate surface area is 179 Å². The van der Waals surface area contributed by atoms with Crippen molar-refractivity contribution in [2.75, 3.05) is 45.6 Å². The van der Waals surface area contributed by atoms with Crippen molar-refractivity contribution in [1.29, 1.82) is 0 Å². The van der Waals surface area contributed by atoms with Crippen LogP contribution in [0, 0.1) is 12.8 Å². The fourth-order valence-corrected chi connectivity index (χ4v) is 5.55. The maximum Gasteiger partial charge on any atom is 0.319 e. The van der Waals surface area contributed by atoms with Gasteiger partial charge in [-0.25, -0.2) is 13.2 Å². The van der Waals surface area contributed by atoms with E-state index in [-0.39, 0.29) is 22.8 Å². The molecule has 166 valence electrons. The molecule has 3 amide bonds. The van der Waals surface area contributed by atoms with E-state index in [4.69, 9.17) is 0 Å². The first-order valence-corrected chi connectivity index (χ1v) is 12.0. The third kappa shape index (κ3) is 4.95. The van der Waals surface area contributed by atoms with Gasteiger partial charge in [0.15, 0.2) is 0 Å². The molecule has 1 aromatic carbocycles. The van der Waals surface area contributed by atoms with Gasteiger partial charge in [-0.15, -0.1) is 0 Å². The van der Waals surface area contributed by atoms with Gasteiger partial charge >= 0.3 is 6.03 Å². The molecule has 3 rings (SSSR count). The molecule has 9 heteroatoms. The van der Waals surface area contributed by atoms with E-state index in [1.807, 2.05) is 6.92 Å². The molecular formula is C21H32N4O4S. The zero-order chi connectivity index (χ0) is 21.9. The van der Waals surface area contributed by atoms with E-state index >= 15 is 0 Å². The molecule has 2 aliphatic heterocycles. The zero-order valence-corrected chi connectivity index (χ0v) is 18.9. The largest absolute Gasteiger partial charge is 0.331 e. The van der Waals surface area contributed by atoms with Crippen molar-refractivity contribution < 1.29 is 18.0 Å². The Morgan fingerprint density at radius 2 is 1.67 bits per heavy atom. The van der Waals surface area contributed by atoms with Gasteiger partial charge in [0.2, 0.25) is 15.9 Å². The molecule has 1 N–H and O–H groups in total. The maximum atomic E-state index is 13.0. The lowest BCUT2D eigenvalue weighted by Gasteiger charge is -2.33. The molecule has 8 nitrogen and oxygen atoms in total. The number of piperidine rings is 2. The molecule has 0 radical (unpaired) electrons. The Balaban J connectivity index is 1.67. The normalized spacial score (nSPS) is 18.8. The number of anilines is 1. The maximum absolute atomic E-state index is 13.0. The number of sulfonamides is 1. The van der Waals surface area contributed by atoms with Crippen LogP contribution < -0.4 is 5.32 Å². The Bertz CT molecular complexity index is 886. The van der Waals surface area contributed by atoms with E-state index < -0.39 is 10.0 Å². The number of carbonyl (C=O) groups excluding carboxylic acids is 2. The molecule has 0 atom stereocenters. The van der Waals surface area contributed by atoms with E-state index in [0.717, 1.165) is 24.8 Å². The van der Waals surface area contributed by atoms with Crippen molar-refractivity contribution in [3.8, 4) is 0 Å². The van der Waals surface area contributed by atoms with Crippen LogP contribution in [0.5, 0.6) is 0 Å². The van der Waals surface area contributed by atoms with Gasteiger partial charge < -0.3 is 15.1 Å². The summed E-state index contributed by atoms with van der Waals surface area (Å²) in [5.41, 5.74) is 1.35. The number of hydrogen-bond acceptors (Lipinski definition) is 4. The number of nitrogens with zero attached hydrogens (tertiary/aromatic N) is 3. The lowest BCUT2D eigenvalue weighted by Crippen LogP contribution is -2.45. The molecule has 2 saturated heterocycles. The lowest BCUT2D eigenvalue weighted by molar-refractivity contribution is -0.121. The number of hydrogen-bond donors (Lipinski definition) is 1. The second-order valence-corrected chi connectivity index (χ2v) is 10.3. The van der Waals surface area contributed by atoms with Gasteiger partial charge in [0, 0.05) is 51.9 Å². The Morgan fingerprint density at radius 1 is 1.03 bits per heavy atom. The van der Waals surface area contributed by atoms with Crippen LogP contribution in [-0.2, 0) is 14.8 Å². The van der Waals surface area contributed by atoms with Crippen LogP contribution in [0.2, 0.25) is 0 Å². The molecular weight excluding hydrogens is 404 g/mol. The summed E-state index contributed by atoms with van der Waals surface area (Å²) in [5.74, 6) is -0.319. The fourth-order valence-electron chi connectivity index (χ4n) is 4.00. The molecule has 2 heterocycles. The molecule has 1 aromatic rings. The number of carbonyl (C=O) groups is 2. The summed E-state index contributed by atoms with van der Waals surface area (Å²) in [7, 11) is -0.120. The van der Waals surface area contributed by atoms with Crippen LogP contribution in [-0.4, -0.2) is 74.7 Å². The zero-order valence-electron chi connectivity index (χ0n) is 18.1. The first-order valence-electron chi connectivity index (χ1n) is 10.6. The highest BCUT2D eigenvalue weighted by Crippen LogP contribution is 2.27. The number of rotatable bonds is 4. The average molecular weight is 437 g/mol. The van der Waals surface area contributed by atoms with E-state index in [0.29, 0.717) is 44.7 Å². The molecule has 0 aliphatic carbocycles. The molecule has 0 saturated carbocycles. The second kappa shape index (κ2) is 9.34. The molecule has 30 heavy (non-hydrogen) atoms. The van der Waals surface area contributed by atoms with Gasteiger partial charge in [-0.1, -0.05) is 12.5 Å². The van der Waals surface area contributed by atoms with E-state index in [1.54, 1.807) is 37.2 Å². The van der Waals surface area contributed by atoms with Crippen LogP contribution in [0.15, 0.2) is 23.1 Å². The number of likely N-dealkylation sites (tertiary alicyclic amines) is 1. The molecule has 2 fully saturated rings. The minimum absolute atomic E-state index is 0.0414. The van der Waals surface area contributed by atoms with Crippen LogP contribution in [0.3, 0.4) is 0 Å². The summed E-state index contributed by atoms with van der Waals surface area (Å²) < 4.78 is 27.5. The van der Waals surface area contributed by atoms with Crippen molar-refractivity contribution in [2.24, 2.45) is 5.92 Å². The first kappa shape index (κ1) is 22.6. The smallest absolute Gasteiger partial charge is 0.319 e. The van der Waals surface area contributed by atoms with Gasteiger partial charge in [-0.05, 0) is 50.3 Å². The third-order valence-electron chi connectivity index (χ3n) is 5.94. The van der Waals surface area contributed by atoms with Gasteiger partial charge in [0.25, 0.3) is 0 Å². The van der Waals surface area contributed by atoms with Crippen LogP contribution >= 0.6 is 0 Å². The second-order valence-electron chi connectivity index (χ2n) is 8.37. The predicted molar refractivity (Wildman–Crippen MR) is 116 cm³/mol. The Kier molecular flexibility index (Phi) is 7.02. The Morgan fingerprint density at radius 3 is 2.27 bits per heavy atom. The highest BCUT2D eigenvalue weighted by atomic mass is 32.2. The van der Waals surface area contributed by atoms with Gasteiger partial charge in [-0.2, -0.15) is 4.31 Å². The van der Waals surface area contributed by atoms with E-state index in [2.05, 4.69) is 5.32 Å². The van der Waals surface area contributed by atoms with Crippen LogP contribution in [0.4, 0.5) is 10.5 Å². The van der Waals surface area contributed by atoms with Crippen molar-refractivity contribution in [2.45, 2.75) is 43.9 Å². The molecule has 0 unspecified atom stereocenters. The number of urea groups is 1. The summed E-state index contributed by atoms with van der Waals surface area (Å²) in [5, 5.41) is 2.93. The highest BCUT2D eigenvalue weighted by molar-refractivity contribution is 7.89. The standard InChI is InChI=1S/C21H32N4O4S/c1-16-7-8-18(30(28,29)25-11-5-4-6-12-25)15-19(16)22-20(26)17-9-13-24(14-10-17)21(27)23(2)3/h7-8,15,17H,4-6,9-14H2,1-3H3,(H,22,26). The number of benzene rings is 1. The number of amides is 3. The summed E-state index contributed by atoms with van der Waals surface area (Å²) in [6, 6.07) is 4.88. The minimum Gasteiger partial charge on any atom is -0.331 e. The van der Waals surface area contributed by atoms with Gasteiger partial charge in [-0.3, -0.25) is 4.79 Å². The van der Waals surface area contributed by atoms with Crippen LogP contribution in [0.1, 0.15) is 37.7 Å². The molecule has 2 aliphatic rings. The van der Waals surface area contributed by atoms with Crippen molar-refractivity contribution in [1.82, 2.24) is 14.1 Å². The van der Waals surface area contributed by atoms with E-state index in [9.17, 15) is 18.0 Å². The molecule has 0 bridgehead atoms. The first-order chi connectivity index (χ1) is 14.2. The van der Waals surface area contributed by atoms with Crippen LogP contribution in [0.25, 0.3) is 0 Å². The fraction of sp³-hybridized carbons (Fsp3) is 0.619. The Hall–Kier alpha value is -2.13. The van der Waals surface area contributed by atoms with E-state index in [1.165, 1.54) is 9.21 Å². The minimum atomic E-state index is -3.55. The molecule has 0 aromatic heterocycles. The topological polar surface area (TPSA) is 90.0 Å². The predicted octanol–water partition coefficient (Wildman–Crippen LogP) is 2.50. The monoisotopic (exact) mass is 436 g/mol. The van der Waals surface area contributed by atoms with Crippen molar-refractivity contribution in [3.05, 3.63) is 23.8 Å². The quantitative estimate of drug-likeness (QED) is 0.785. The summed E-state index contributed by atoms with van der Waals surface area (Å²) in [4.78, 5) is 28.4. The summed E-state index contributed by atoms with van der Waals surface area (Å²) in [6.45, 7) is 4.02. The SMILES string of the molecule is Cc1ccc(S(=O)(=O)N2CCCCC2)cc1NC(=O)C1CCN(C(=O)N(C)C)CC1. The average Bonchev–Trinajstić information content (AvgIpc) is 2.75. The van der Waals surface area contributed by atoms with Gasteiger partial charge in [0.1, 0.15) is 0 Å². The van der Waals surface area contributed by atoms with Crippen molar-refractivity contribution >= 4 is 27.6 Å². The third-order valence-corrected chi connectivity index (χ3v) is 7.83. The number of aryl methyl sites for hydroxylation is 1. The highest BCUT2D eigenvalue weighted by Gasteiger charge is 2.29. The van der Waals surface area contributed by atoms with Crippen molar-refractivity contribution in [3.63, 3.8) is 0 Å².